The van der Waals surface area contributed by atoms with Crippen molar-refractivity contribution in [2.75, 3.05) is 5.73 Å². The molecule has 1 aromatic carbocycles. The van der Waals surface area contributed by atoms with Crippen molar-refractivity contribution in [2.24, 2.45) is 0 Å². The Hall–Kier alpha value is -1.97. The van der Waals surface area contributed by atoms with Crippen molar-refractivity contribution in [1.29, 1.82) is 0 Å². The van der Waals surface area contributed by atoms with E-state index < -0.39 is 0 Å². The Balaban J connectivity index is 1.91. The summed E-state index contributed by atoms with van der Waals surface area (Å²) in [7, 11) is 0. The Morgan fingerprint density at radius 1 is 1.26 bits per heavy atom. The van der Waals surface area contributed by atoms with Crippen molar-refractivity contribution in [3.05, 3.63) is 50.8 Å². The van der Waals surface area contributed by atoms with Crippen molar-refractivity contribution in [3.8, 4) is 0 Å². The summed E-state index contributed by atoms with van der Waals surface area (Å²) in [6, 6.07) is 6.55. The van der Waals surface area contributed by atoms with Crippen molar-refractivity contribution < 1.29 is 0 Å². The van der Waals surface area contributed by atoms with Gasteiger partial charge in [0, 0.05) is 0 Å². The summed E-state index contributed by atoms with van der Waals surface area (Å²) >= 11 is 0. The molecular weight excluding hydrogens is 238 g/mol. The van der Waals surface area contributed by atoms with Gasteiger partial charge in [-0.2, -0.15) is 0 Å². The summed E-state index contributed by atoms with van der Waals surface area (Å²) in [5.74, 6) is 0.461. The van der Waals surface area contributed by atoms with Gasteiger partial charge in [-0.3, -0.25) is 9.89 Å². The maximum atomic E-state index is 11.9. The molecule has 0 saturated carbocycles. The maximum absolute atomic E-state index is 11.9. The second-order valence-corrected chi connectivity index (χ2v) is 5.35. The lowest BCUT2D eigenvalue weighted by Gasteiger charge is -2.16. The van der Waals surface area contributed by atoms with Crippen LogP contribution in [-0.4, -0.2) is 9.78 Å². The smallest absolute Gasteiger partial charge is 0.271 e. The van der Waals surface area contributed by atoms with Gasteiger partial charge in [-0.15, -0.1) is 0 Å². The standard InChI is InChI=1S/C15H19N3O/c1-10-14(16)17-18(15(10)19)9-11-6-7-12-4-2-3-5-13(12)8-11/h6-8,17H,2-5,9,16H2,1H3. The molecule has 0 spiro atoms. The molecule has 0 fully saturated rings. The van der Waals surface area contributed by atoms with E-state index in [4.69, 9.17) is 5.73 Å². The van der Waals surface area contributed by atoms with Gasteiger partial charge in [-0.25, -0.2) is 4.68 Å². The SMILES string of the molecule is Cc1c(N)[nH]n(Cc2ccc3c(c2)CCCC3)c1=O. The number of nitrogen functional groups attached to an aromatic ring is 1. The van der Waals surface area contributed by atoms with E-state index in [1.54, 1.807) is 11.6 Å². The van der Waals surface area contributed by atoms with E-state index in [1.165, 1.54) is 30.4 Å². The lowest BCUT2D eigenvalue weighted by atomic mass is 9.90. The van der Waals surface area contributed by atoms with Gasteiger partial charge in [0.1, 0.15) is 5.82 Å². The predicted octanol–water partition coefficient (Wildman–Crippen LogP) is 1.99. The number of H-pyrrole nitrogens is 1. The summed E-state index contributed by atoms with van der Waals surface area (Å²) in [6.07, 6.45) is 4.90. The normalized spacial score (nSPS) is 14.4. The molecular formula is C15H19N3O. The van der Waals surface area contributed by atoms with Gasteiger partial charge in [0.25, 0.3) is 5.56 Å². The average molecular weight is 257 g/mol. The first-order valence-electron chi connectivity index (χ1n) is 6.80. The molecule has 1 heterocycles. The number of anilines is 1. The minimum atomic E-state index is -0.0322. The number of aryl methyl sites for hydroxylation is 2. The third-order valence-corrected chi connectivity index (χ3v) is 3.98. The molecule has 1 aliphatic rings. The molecule has 0 amide bonds. The van der Waals surface area contributed by atoms with Gasteiger partial charge in [0.15, 0.2) is 0 Å². The number of aromatic nitrogens is 2. The van der Waals surface area contributed by atoms with Crippen LogP contribution in [0, 0.1) is 6.92 Å². The molecule has 3 N–H and O–H groups in total. The summed E-state index contributed by atoms with van der Waals surface area (Å²) in [6.45, 7) is 2.31. The fourth-order valence-corrected chi connectivity index (χ4v) is 2.78. The van der Waals surface area contributed by atoms with Crippen LogP contribution in [0.25, 0.3) is 0 Å². The van der Waals surface area contributed by atoms with Gasteiger partial charge >= 0.3 is 0 Å². The van der Waals surface area contributed by atoms with Crippen molar-refractivity contribution in [2.45, 2.75) is 39.2 Å². The number of nitrogens with zero attached hydrogens (tertiary/aromatic N) is 1. The zero-order valence-corrected chi connectivity index (χ0v) is 11.2. The minimum absolute atomic E-state index is 0.0322. The number of hydrogen-bond acceptors (Lipinski definition) is 2. The van der Waals surface area contributed by atoms with Gasteiger partial charge in [0.2, 0.25) is 0 Å². The molecule has 1 aromatic heterocycles. The first-order valence-corrected chi connectivity index (χ1v) is 6.80. The third-order valence-electron chi connectivity index (χ3n) is 3.98. The Kier molecular flexibility index (Phi) is 2.93. The molecule has 2 aromatic rings. The van der Waals surface area contributed by atoms with Crippen molar-refractivity contribution in [3.63, 3.8) is 0 Å². The highest BCUT2D eigenvalue weighted by molar-refractivity contribution is 5.37. The van der Waals surface area contributed by atoms with Crippen LogP contribution >= 0.6 is 0 Å². The third kappa shape index (κ3) is 2.18. The van der Waals surface area contributed by atoms with E-state index in [0.29, 0.717) is 17.9 Å². The van der Waals surface area contributed by atoms with E-state index in [0.717, 1.165) is 12.0 Å². The lowest BCUT2D eigenvalue weighted by molar-refractivity contribution is 0.656. The Labute approximate surface area is 112 Å². The van der Waals surface area contributed by atoms with Gasteiger partial charge in [-0.05, 0) is 49.3 Å². The first kappa shape index (κ1) is 12.1. The molecule has 0 saturated heterocycles. The van der Waals surface area contributed by atoms with Crippen LogP contribution in [-0.2, 0) is 19.4 Å². The molecule has 0 aliphatic heterocycles. The van der Waals surface area contributed by atoms with Gasteiger partial charge in [0.05, 0.1) is 12.1 Å². The highest BCUT2D eigenvalue weighted by Gasteiger charge is 2.11. The molecule has 1 aliphatic carbocycles. The zero-order chi connectivity index (χ0) is 13.4. The van der Waals surface area contributed by atoms with Gasteiger partial charge < -0.3 is 5.73 Å². The Morgan fingerprint density at radius 2 is 2.00 bits per heavy atom. The second-order valence-electron chi connectivity index (χ2n) is 5.35. The maximum Gasteiger partial charge on any atom is 0.271 e. The predicted molar refractivity (Wildman–Crippen MR) is 76.4 cm³/mol. The van der Waals surface area contributed by atoms with Crippen LogP contribution in [0.1, 0.15) is 35.1 Å². The topological polar surface area (TPSA) is 63.8 Å². The van der Waals surface area contributed by atoms with E-state index in [1.807, 2.05) is 0 Å². The Morgan fingerprint density at radius 3 is 2.68 bits per heavy atom. The summed E-state index contributed by atoms with van der Waals surface area (Å²) in [5.41, 5.74) is 10.3. The molecule has 3 rings (SSSR count). The van der Waals surface area contributed by atoms with Crippen LogP contribution in [0.2, 0.25) is 0 Å². The van der Waals surface area contributed by atoms with E-state index in [9.17, 15) is 4.79 Å². The molecule has 4 nitrogen and oxygen atoms in total. The monoisotopic (exact) mass is 257 g/mol. The molecule has 19 heavy (non-hydrogen) atoms. The number of nitrogens with two attached hydrogens (primary N) is 1. The Bertz CT molecular complexity index is 667. The van der Waals surface area contributed by atoms with Crippen LogP contribution in [0.15, 0.2) is 23.0 Å². The van der Waals surface area contributed by atoms with E-state index in [2.05, 4.69) is 23.3 Å². The fraction of sp³-hybridized carbons (Fsp3) is 0.400. The van der Waals surface area contributed by atoms with Crippen molar-refractivity contribution in [1.82, 2.24) is 9.78 Å². The highest BCUT2D eigenvalue weighted by Crippen LogP contribution is 2.22. The number of rotatable bonds is 2. The molecule has 0 bridgehead atoms. The molecule has 0 unspecified atom stereocenters. The van der Waals surface area contributed by atoms with E-state index in [-0.39, 0.29) is 5.56 Å². The van der Waals surface area contributed by atoms with Crippen LogP contribution in [0.3, 0.4) is 0 Å². The number of nitrogens with one attached hydrogen (secondary N) is 1. The second kappa shape index (κ2) is 4.61. The summed E-state index contributed by atoms with van der Waals surface area (Å²) < 4.78 is 1.58. The largest absolute Gasteiger partial charge is 0.384 e. The first-order chi connectivity index (χ1) is 9.15. The molecule has 100 valence electrons. The molecule has 4 heteroatoms. The molecule has 0 radical (unpaired) electrons. The van der Waals surface area contributed by atoms with Crippen LogP contribution in [0.5, 0.6) is 0 Å². The molecule has 0 atom stereocenters. The number of benzene rings is 1. The van der Waals surface area contributed by atoms with E-state index >= 15 is 0 Å². The van der Waals surface area contributed by atoms with Crippen LogP contribution < -0.4 is 11.3 Å². The zero-order valence-electron chi connectivity index (χ0n) is 11.2. The lowest BCUT2D eigenvalue weighted by Crippen LogP contribution is -2.18. The number of fused-ring (bicyclic) bond motifs is 1. The quantitative estimate of drug-likeness (QED) is 0.864. The van der Waals surface area contributed by atoms with Crippen molar-refractivity contribution >= 4 is 5.82 Å². The van der Waals surface area contributed by atoms with Gasteiger partial charge in [-0.1, -0.05) is 18.2 Å². The summed E-state index contributed by atoms with van der Waals surface area (Å²) in [4.78, 5) is 11.9. The average Bonchev–Trinajstić information content (AvgIpc) is 2.66. The number of aromatic amines is 1. The van der Waals surface area contributed by atoms with Crippen LogP contribution in [0.4, 0.5) is 5.82 Å². The minimum Gasteiger partial charge on any atom is -0.384 e. The summed E-state index contributed by atoms with van der Waals surface area (Å²) in [5, 5.41) is 2.92. The number of hydrogen-bond donors (Lipinski definition) is 2. The highest BCUT2D eigenvalue weighted by atomic mass is 16.1. The fourth-order valence-electron chi connectivity index (χ4n) is 2.78.